The predicted octanol–water partition coefficient (Wildman–Crippen LogP) is 3.76. The third kappa shape index (κ3) is 6.54. The van der Waals surface area contributed by atoms with Crippen molar-refractivity contribution >= 4 is 51.6 Å². The van der Waals surface area contributed by atoms with E-state index >= 15 is 0 Å². The summed E-state index contributed by atoms with van der Waals surface area (Å²) < 4.78 is 3.02. The molecule has 1 aromatic heterocycles. The van der Waals surface area contributed by atoms with E-state index in [9.17, 15) is 9.59 Å². The summed E-state index contributed by atoms with van der Waals surface area (Å²) in [5, 5.41) is 7.91. The van der Waals surface area contributed by atoms with Gasteiger partial charge in [-0.1, -0.05) is 65.1 Å². The average molecular weight is 619 g/mol. The molecule has 2 aromatic carbocycles. The van der Waals surface area contributed by atoms with Crippen molar-refractivity contribution in [1.82, 2.24) is 19.7 Å². The molecule has 36 heavy (non-hydrogen) atoms. The number of halogens is 1. The molecule has 8 nitrogen and oxygen atoms in total. The van der Waals surface area contributed by atoms with Gasteiger partial charge in [0.15, 0.2) is 4.80 Å². The van der Waals surface area contributed by atoms with Crippen LogP contribution >= 0.6 is 33.9 Å². The molecule has 0 bridgehead atoms. The smallest absolute Gasteiger partial charge is 0.320 e. The molecular formula is C26H31IN6O2S. The number of rotatable bonds is 7. The van der Waals surface area contributed by atoms with Crippen LogP contribution in [0.15, 0.2) is 65.0 Å². The Morgan fingerprint density at radius 1 is 1.06 bits per heavy atom. The van der Waals surface area contributed by atoms with E-state index in [2.05, 4.69) is 53.1 Å². The third-order valence-electron chi connectivity index (χ3n) is 6.30. The second kappa shape index (κ2) is 12.5. The van der Waals surface area contributed by atoms with E-state index in [0.717, 1.165) is 34.4 Å². The number of nitrogens with one attached hydrogen (secondary N) is 2. The Labute approximate surface area is 229 Å². The molecule has 0 aliphatic carbocycles. The fraction of sp³-hybridized carbons (Fsp3) is 0.346. The van der Waals surface area contributed by atoms with Crippen LogP contribution < -0.4 is 15.4 Å². The molecule has 2 heterocycles. The zero-order chi connectivity index (χ0) is 25.5. The van der Waals surface area contributed by atoms with Crippen LogP contribution in [0.1, 0.15) is 22.9 Å². The lowest BCUT2D eigenvalue weighted by atomic mass is 10.1. The molecule has 1 saturated heterocycles. The zero-order valence-corrected chi connectivity index (χ0v) is 23.5. The van der Waals surface area contributed by atoms with Crippen LogP contribution in [-0.4, -0.2) is 59.5 Å². The summed E-state index contributed by atoms with van der Waals surface area (Å²) in [6, 6.07) is 16.0. The highest BCUT2D eigenvalue weighted by Crippen LogP contribution is 2.19. The number of aromatic nitrogens is 1. The lowest BCUT2D eigenvalue weighted by Crippen LogP contribution is -2.52. The van der Waals surface area contributed by atoms with Gasteiger partial charge in [-0.2, -0.15) is 0 Å². The summed E-state index contributed by atoms with van der Waals surface area (Å²) in [5.41, 5.74) is 3.86. The highest BCUT2D eigenvalue weighted by Gasteiger charge is 2.30. The van der Waals surface area contributed by atoms with Gasteiger partial charge in [0.1, 0.15) is 6.04 Å². The lowest BCUT2D eigenvalue weighted by Gasteiger charge is -2.36. The van der Waals surface area contributed by atoms with Gasteiger partial charge in [-0.3, -0.25) is 14.7 Å². The lowest BCUT2D eigenvalue weighted by molar-refractivity contribution is -0.135. The number of nitrogens with zero attached hydrogens (tertiary/aromatic N) is 4. The minimum Gasteiger partial charge on any atom is -0.338 e. The fourth-order valence-electron chi connectivity index (χ4n) is 4.19. The maximum absolute atomic E-state index is 13.6. The second-order valence-electron chi connectivity index (χ2n) is 8.67. The van der Waals surface area contributed by atoms with E-state index in [1.54, 1.807) is 18.4 Å². The molecule has 3 aromatic rings. The number of hydrogen-bond donors (Lipinski definition) is 2. The van der Waals surface area contributed by atoms with Crippen molar-refractivity contribution in [2.45, 2.75) is 17.0 Å². The van der Waals surface area contributed by atoms with Gasteiger partial charge in [0.05, 0.1) is 0 Å². The number of hydrogen-bond acceptors (Lipinski definition) is 5. The number of carbonyl (C=O) groups is 2. The molecule has 1 atom stereocenters. The number of benzene rings is 2. The van der Waals surface area contributed by atoms with Crippen LogP contribution in [0, 0.1) is 0 Å². The van der Waals surface area contributed by atoms with Crippen LogP contribution in [0.3, 0.4) is 0 Å². The molecule has 0 radical (unpaired) electrons. The highest BCUT2D eigenvalue weighted by atomic mass is 127. The largest absolute Gasteiger partial charge is 0.338 e. The number of piperazine rings is 1. The first kappa shape index (κ1) is 26.4. The highest BCUT2D eigenvalue weighted by molar-refractivity contribution is 14.1. The first-order chi connectivity index (χ1) is 17.5. The normalized spacial score (nSPS) is 15.5. The second-order valence-corrected chi connectivity index (χ2v) is 10.3. The van der Waals surface area contributed by atoms with Crippen molar-refractivity contribution < 1.29 is 9.59 Å². The average Bonchev–Trinajstić information content (AvgIpc) is 3.27. The van der Waals surface area contributed by atoms with Crippen LogP contribution in [0.2, 0.25) is 0 Å². The minimum atomic E-state index is -0.755. The predicted molar refractivity (Wildman–Crippen MR) is 152 cm³/mol. The Morgan fingerprint density at radius 2 is 1.75 bits per heavy atom. The zero-order valence-electron chi connectivity index (χ0n) is 20.5. The number of alkyl halides is 1. The number of thiazole rings is 1. The molecule has 0 spiro atoms. The Hall–Kier alpha value is -2.70. The molecule has 0 unspecified atom stereocenters. The summed E-state index contributed by atoms with van der Waals surface area (Å²) >= 11 is 3.94. The summed E-state index contributed by atoms with van der Waals surface area (Å²) in [4.78, 5) is 35.9. The molecular weight excluding hydrogens is 587 g/mol. The Kier molecular flexibility index (Phi) is 9.16. The summed E-state index contributed by atoms with van der Waals surface area (Å²) in [6.45, 7) is 3.60. The first-order valence-electron chi connectivity index (χ1n) is 11.8. The van der Waals surface area contributed by atoms with E-state index in [1.807, 2.05) is 66.5 Å². The maximum Gasteiger partial charge on any atom is 0.320 e. The van der Waals surface area contributed by atoms with E-state index in [0.29, 0.717) is 18.8 Å². The van der Waals surface area contributed by atoms with Crippen LogP contribution in [0.4, 0.5) is 10.5 Å². The number of anilines is 1. The van der Waals surface area contributed by atoms with E-state index in [4.69, 9.17) is 0 Å². The summed E-state index contributed by atoms with van der Waals surface area (Å²) in [7, 11) is 3.84. The van der Waals surface area contributed by atoms with Crippen LogP contribution in [0.5, 0.6) is 0 Å². The number of amides is 3. The Bertz CT molecular complexity index is 1230. The molecule has 3 amide bonds. The third-order valence-corrected chi connectivity index (χ3v) is 8.24. The monoisotopic (exact) mass is 618 g/mol. The van der Waals surface area contributed by atoms with E-state index < -0.39 is 12.1 Å². The van der Waals surface area contributed by atoms with Gasteiger partial charge in [0.2, 0.25) is 5.91 Å². The van der Waals surface area contributed by atoms with Crippen LogP contribution in [-0.2, 0) is 22.8 Å². The van der Waals surface area contributed by atoms with Crippen molar-refractivity contribution in [2.24, 2.45) is 12.0 Å². The van der Waals surface area contributed by atoms with Crippen molar-refractivity contribution in [3.63, 3.8) is 0 Å². The number of carbonyl (C=O) groups excluding carboxylic acids is 2. The van der Waals surface area contributed by atoms with Crippen LogP contribution in [0.25, 0.3) is 0 Å². The van der Waals surface area contributed by atoms with Crippen molar-refractivity contribution in [3.05, 3.63) is 81.6 Å². The van der Waals surface area contributed by atoms with Crippen molar-refractivity contribution in [1.29, 1.82) is 0 Å². The first-order valence-corrected chi connectivity index (χ1v) is 14.2. The summed E-state index contributed by atoms with van der Waals surface area (Å²) in [5.74, 6) is -0.0931. The topological polar surface area (TPSA) is 82.0 Å². The van der Waals surface area contributed by atoms with Gasteiger partial charge >= 0.3 is 6.03 Å². The summed E-state index contributed by atoms with van der Waals surface area (Å²) in [6.07, 6.45) is 0. The van der Waals surface area contributed by atoms with Gasteiger partial charge in [0, 0.05) is 68.0 Å². The minimum absolute atomic E-state index is 0.0931. The van der Waals surface area contributed by atoms with Gasteiger partial charge in [-0.25, -0.2) is 4.79 Å². The maximum atomic E-state index is 13.6. The quantitative estimate of drug-likeness (QED) is 0.313. The van der Waals surface area contributed by atoms with Gasteiger partial charge in [0.25, 0.3) is 0 Å². The Morgan fingerprint density at radius 3 is 2.36 bits per heavy atom. The SMILES string of the molecule is C/N=c1\scc(CN2CCN(C(=O)[C@H](NC(=O)Nc3ccc(CI)cc3)c3ccccc3)CC2)n1C. The van der Waals surface area contributed by atoms with Gasteiger partial charge in [-0.15, -0.1) is 11.3 Å². The molecule has 4 rings (SSSR count). The van der Waals surface area contributed by atoms with Gasteiger partial charge < -0.3 is 20.1 Å². The number of urea groups is 1. The molecule has 2 N–H and O–H groups in total. The molecule has 1 aliphatic rings. The standard InChI is InChI=1S/C26H31IN6O2S/c1-28-26-31(2)22(18-36-26)17-32-12-14-33(15-13-32)24(34)23(20-6-4-3-5-7-20)30-25(35)29-21-10-8-19(16-27)9-11-21/h3-11,18,23H,12-17H2,1-2H3,(H2,29,30,35)/b28-26-/t23-/m1/s1. The van der Waals surface area contributed by atoms with Gasteiger partial charge in [-0.05, 0) is 23.3 Å². The molecule has 1 aliphatic heterocycles. The molecule has 10 heteroatoms. The molecule has 0 saturated carbocycles. The van der Waals surface area contributed by atoms with Crippen molar-refractivity contribution in [2.75, 3.05) is 38.5 Å². The van der Waals surface area contributed by atoms with Crippen molar-refractivity contribution in [3.8, 4) is 0 Å². The molecule has 1 fully saturated rings. The van der Waals surface area contributed by atoms with E-state index in [1.165, 1.54) is 11.3 Å². The fourth-order valence-corrected chi connectivity index (χ4v) is 5.56. The Balaban J connectivity index is 1.40. The van der Waals surface area contributed by atoms with E-state index in [-0.39, 0.29) is 5.91 Å². The molecule has 190 valence electrons.